The lowest BCUT2D eigenvalue weighted by Crippen LogP contribution is -2.45. The first-order valence-corrected chi connectivity index (χ1v) is 10.7. The van der Waals surface area contributed by atoms with Crippen molar-refractivity contribution in [3.63, 3.8) is 0 Å². The van der Waals surface area contributed by atoms with Crippen LogP contribution in [0.3, 0.4) is 0 Å². The lowest BCUT2D eigenvalue weighted by Gasteiger charge is -2.20. The van der Waals surface area contributed by atoms with Crippen molar-refractivity contribution in [1.82, 2.24) is 16.0 Å². The topological polar surface area (TPSA) is 68.8 Å². The van der Waals surface area contributed by atoms with Gasteiger partial charge in [0.1, 0.15) is 0 Å². The zero-order valence-corrected chi connectivity index (χ0v) is 20.3. The maximum Gasteiger partial charge on any atom is 0.221 e. The SMILES string of the molecule is CN=C(NCCC(=O)NC1CCCC1)NC1CCN(c2ccc(Br)cc2)C1.I. The normalized spacial score (nSPS) is 20.0. The van der Waals surface area contributed by atoms with E-state index in [1.54, 1.807) is 7.05 Å². The summed E-state index contributed by atoms with van der Waals surface area (Å²) in [5, 5.41) is 9.87. The minimum absolute atomic E-state index is 0. The molecule has 1 aliphatic carbocycles. The van der Waals surface area contributed by atoms with E-state index < -0.39 is 0 Å². The van der Waals surface area contributed by atoms with Crippen LogP contribution in [0.4, 0.5) is 5.69 Å². The van der Waals surface area contributed by atoms with Gasteiger partial charge in [0.25, 0.3) is 0 Å². The molecule has 1 heterocycles. The summed E-state index contributed by atoms with van der Waals surface area (Å²) in [5.41, 5.74) is 1.24. The largest absolute Gasteiger partial charge is 0.369 e. The number of carbonyl (C=O) groups is 1. The lowest BCUT2D eigenvalue weighted by atomic mass is 10.2. The van der Waals surface area contributed by atoms with Crippen LogP contribution in [0.25, 0.3) is 0 Å². The first kappa shape index (κ1) is 23.3. The number of nitrogens with one attached hydrogen (secondary N) is 3. The highest BCUT2D eigenvalue weighted by Gasteiger charge is 2.23. The average molecular weight is 564 g/mol. The molecule has 1 saturated carbocycles. The van der Waals surface area contributed by atoms with Crippen molar-refractivity contribution >= 4 is 57.5 Å². The maximum absolute atomic E-state index is 12.0. The van der Waals surface area contributed by atoms with Crippen LogP contribution < -0.4 is 20.9 Å². The number of aliphatic imine (C=N–C) groups is 1. The molecule has 1 aromatic carbocycles. The zero-order valence-electron chi connectivity index (χ0n) is 16.4. The highest BCUT2D eigenvalue weighted by atomic mass is 127. The van der Waals surface area contributed by atoms with E-state index in [-0.39, 0.29) is 29.9 Å². The molecule has 3 rings (SSSR count). The molecule has 8 heteroatoms. The molecule has 2 fully saturated rings. The monoisotopic (exact) mass is 563 g/mol. The van der Waals surface area contributed by atoms with Gasteiger partial charge in [-0.1, -0.05) is 28.8 Å². The molecule has 1 saturated heterocycles. The predicted molar refractivity (Wildman–Crippen MR) is 130 cm³/mol. The number of halogens is 2. The van der Waals surface area contributed by atoms with Crippen molar-refractivity contribution in [2.24, 2.45) is 4.99 Å². The Kier molecular flexibility index (Phi) is 9.84. The van der Waals surface area contributed by atoms with Gasteiger partial charge >= 0.3 is 0 Å². The van der Waals surface area contributed by atoms with Crippen molar-refractivity contribution in [3.8, 4) is 0 Å². The fourth-order valence-electron chi connectivity index (χ4n) is 3.82. The Labute approximate surface area is 193 Å². The van der Waals surface area contributed by atoms with E-state index in [0.29, 0.717) is 25.0 Å². The van der Waals surface area contributed by atoms with E-state index in [4.69, 9.17) is 0 Å². The van der Waals surface area contributed by atoms with Crippen LogP contribution in [0.2, 0.25) is 0 Å². The summed E-state index contributed by atoms with van der Waals surface area (Å²) in [6.45, 7) is 2.58. The molecule has 1 atom stereocenters. The van der Waals surface area contributed by atoms with Crippen molar-refractivity contribution in [3.05, 3.63) is 28.7 Å². The van der Waals surface area contributed by atoms with Gasteiger partial charge in [0.2, 0.25) is 5.91 Å². The summed E-state index contributed by atoms with van der Waals surface area (Å²) < 4.78 is 1.10. The predicted octanol–water partition coefficient (Wildman–Crippen LogP) is 3.26. The van der Waals surface area contributed by atoms with Crippen LogP contribution in [0.5, 0.6) is 0 Å². The fourth-order valence-corrected chi connectivity index (χ4v) is 4.08. The van der Waals surface area contributed by atoms with Crippen LogP contribution in [0.1, 0.15) is 38.5 Å². The number of nitrogens with zero attached hydrogens (tertiary/aromatic N) is 2. The van der Waals surface area contributed by atoms with Crippen molar-refractivity contribution in [2.45, 2.75) is 50.6 Å². The second-order valence-electron chi connectivity index (χ2n) is 7.35. The third-order valence-corrected chi connectivity index (χ3v) is 5.84. The standard InChI is InChI=1S/C20H30BrN5O.HI/c1-22-20(23-12-10-19(27)24-16-4-2-3-5-16)25-17-11-13-26(14-17)18-8-6-15(21)7-9-18;/h6-9,16-17H,2-5,10-14H2,1H3,(H,24,27)(H2,22,23,25);1H. The number of hydrogen-bond acceptors (Lipinski definition) is 3. The Hall–Kier alpha value is -1.03. The quantitative estimate of drug-likeness (QED) is 0.282. The van der Waals surface area contributed by atoms with Crippen LogP contribution in [0.15, 0.2) is 33.7 Å². The number of amides is 1. The smallest absolute Gasteiger partial charge is 0.221 e. The molecule has 1 unspecified atom stereocenters. The molecule has 28 heavy (non-hydrogen) atoms. The van der Waals surface area contributed by atoms with Gasteiger partial charge < -0.3 is 20.9 Å². The van der Waals surface area contributed by atoms with Crippen molar-refractivity contribution < 1.29 is 4.79 Å². The number of rotatable bonds is 6. The van der Waals surface area contributed by atoms with Gasteiger partial charge in [-0.25, -0.2) is 0 Å². The Morgan fingerprint density at radius 1 is 1.14 bits per heavy atom. The number of benzene rings is 1. The summed E-state index contributed by atoms with van der Waals surface area (Å²) in [7, 11) is 1.77. The van der Waals surface area contributed by atoms with Gasteiger partial charge in [-0.15, -0.1) is 24.0 Å². The highest BCUT2D eigenvalue weighted by molar-refractivity contribution is 14.0. The summed E-state index contributed by atoms with van der Waals surface area (Å²) >= 11 is 3.48. The molecule has 0 bridgehead atoms. The molecule has 0 radical (unpaired) electrons. The van der Waals surface area contributed by atoms with Gasteiger partial charge in [0.05, 0.1) is 0 Å². The van der Waals surface area contributed by atoms with E-state index in [1.807, 2.05) is 0 Å². The summed E-state index contributed by atoms with van der Waals surface area (Å²) in [6, 6.07) is 9.18. The first-order valence-electron chi connectivity index (χ1n) is 9.91. The molecular formula is C20H31BrIN5O. The molecule has 156 valence electrons. The van der Waals surface area contributed by atoms with Crippen LogP contribution >= 0.6 is 39.9 Å². The summed E-state index contributed by atoms with van der Waals surface area (Å²) in [6.07, 6.45) is 6.26. The molecular weight excluding hydrogens is 533 g/mol. The minimum atomic E-state index is 0. The van der Waals surface area contributed by atoms with E-state index in [9.17, 15) is 4.79 Å². The number of carbonyl (C=O) groups excluding carboxylic acids is 1. The Morgan fingerprint density at radius 2 is 1.86 bits per heavy atom. The molecule has 6 nitrogen and oxygen atoms in total. The highest BCUT2D eigenvalue weighted by Crippen LogP contribution is 2.22. The molecule has 2 aliphatic rings. The van der Waals surface area contributed by atoms with Crippen LogP contribution in [0, 0.1) is 0 Å². The first-order chi connectivity index (χ1) is 13.1. The molecule has 0 aromatic heterocycles. The Balaban J connectivity index is 0.00000280. The second-order valence-corrected chi connectivity index (χ2v) is 8.27. The molecule has 3 N–H and O–H groups in total. The van der Waals surface area contributed by atoms with E-state index >= 15 is 0 Å². The van der Waals surface area contributed by atoms with E-state index in [1.165, 1.54) is 18.5 Å². The van der Waals surface area contributed by atoms with Crippen molar-refractivity contribution in [2.75, 3.05) is 31.6 Å². The zero-order chi connectivity index (χ0) is 19.1. The third kappa shape index (κ3) is 7.09. The number of guanidine groups is 1. The lowest BCUT2D eigenvalue weighted by molar-refractivity contribution is -0.121. The van der Waals surface area contributed by atoms with Crippen LogP contribution in [-0.2, 0) is 4.79 Å². The van der Waals surface area contributed by atoms with E-state index in [0.717, 1.165) is 42.8 Å². The minimum Gasteiger partial charge on any atom is -0.369 e. The molecule has 1 aliphatic heterocycles. The van der Waals surface area contributed by atoms with Gasteiger partial charge in [0.15, 0.2) is 5.96 Å². The number of anilines is 1. The van der Waals surface area contributed by atoms with Crippen molar-refractivity contribution in [1.29, 1.82) is 0 Å². The molecule has 1 amide bonds. The Bertz CT molecular complexity index is 649. The maximum atomic E-state index is 12.0. The van der Waals surface area contributed by atoms with Crippen LogP contribution in [-0.4, -0.2) is 50.6 Å². The Morgan fingerprint density at radius 3 is 2.54 bits per heavy atom. The summed E-state index contributed by atoms with van der Waals surface area (Å²) in [5.74, 6) is 0.901. The second kappa shape index (κ2) is 11.8. The number of hydrogen-bond donors (Lipinski definition) is 3. The van der Waals surface area contributed by atoms with Gasteiger partial charge in [-0.2, -0.15) is 0 Å². The third-order valence-electron chi connectivity index (χ3n) is 5.31. The van der Waals surface area contributed by atoms with Gasteiger partial charge in [-0.05, 0) is 43.5 Å². The average Bonchev–Trinajstić information content (AvgIpc) is 3.33. The van der Waals surface area contributed by atoms with Gasteiger partial charge in [0, 0.05) is 55.3 Å². The molecule has 0 spiro atoms. The summed E-state index contributed by atoms with van der Waals surface area (Å²) in [4.78, 5) is 18.7. The molecule has 1 aromatic rings. The fraction of sp³-hybridized carbons (Fsp3) is 0.600. The van der Waals surface area contributed by atoms with Gasteiger partial charge in [-0.3, -0.25) is 9.79 Å². The van der Waals surface area contributed by atoms with E-state index in [2.05, 4.69) is 66.0 Å².